The largest absolute Gasteiger partial charge is 0.379 e. The highest BCUT2D eigenvalue weighted by molar-refractivity contribution is 7.89. The van der Waals surface area contributed by atoms with E-state index in [-0.39, 0.29) is 4.90 Å². The third-order valence-corrected chi connectivity index (χ3v) is 4.06. The Morgan fingerprint density at radius 1 is 1.11 bits per heavy atom. The Kier molecular flexibility index (Phi) is 4.13. The highest BCUT2D eigenvalue weighted by Crippen LogP contribution is 2.14. The summed E-state index contributed by atoms with van der Waals surface area (Å²) in [6.45, 7) is 0.596. The maximum Gasteiger partial charge on any atom is 0.240 e. The van der Waals surface area contributed by atoms with Crippen molar-refractivity contribution in [1.29, 1.82) is 0 Å². The summed E-state index contributed by atoms with van der Waals surface area (Å²) < 4.78 is 25.4. The molecule has 1 aromatic carbocycles. The van der Waals surface area contributed by atoms with E-state index in [4.69, 9.17) is 0 Å². The van der Waals surface area contributed by atoms with E-state index in [1.807, 2.05) is 18.2 Å². The highest BCUT2D eigenvalue weighted by Gasteiger charge is 2.10. The number of hydrogen-bond donors (Lipinski definition) is 2. The second kappa shape index (κ2) is 5.81. The zero-order chi connectivity index (χ0) is 13.7. The van der Waals surface area contributed by atoms with E-state index in [0.717, 1.165) is 11.4 Å². The summed E-state index contributed by atoms with van der Waals surface area (Å²) in [5.41, 5.74) is 1.77. The molecule has 0 saturated carbocycles. The summed E-state index contributed by atoms with van der Waals surface area (Å²) in [6.07, 6.45) is 1.74. The number of hydrogen-bond acceptors (Lipinski definition) is 4. The number of nitrogens with zero attached hydrogens (tertiary/aromatic N) is 1. The SMILES string of the molecule is CNS(=O)(=O)c1ccc(NCc2ccccn2)cc1. The Labute approximate surface area is 112 Å². The van der Waals surface area contributed by atoms with Crippen LogP contribution in [-0.2, 0) is 16.6 Å². The second-order valence-corrected chi connectivity index (χ2v) is 5.79. The molecule has 1 heterocycles. The van der Waals surface area contributed by atoms with Gasteiger partial charge in [0, 0.05) is 11.9 Å². The summed E-state index contributed by atoms with van der Waals surface area (Å²) in [4.78, 5) is 4.44. The molecule has 19 heavy (non-hydrogen) atoms. The zero-order valence-electron chi connectivity index (χ0n) is 10.5. The number of rotatable bonds is 5. The molecule has 0 aliphatic rings. The molecule has 100 valence electrons. The Balaban J connectivity index is 2.04. The average molecular weight is 277 g/mol. The van der Waals surface area contributed by atoms with Crippen molar-refractivity contribution in [2.75, 3.05) is 12.4 Å². The number of nitrogens with one attached hydrogen (secondary N) is 2. The van der Waals surface area contributed by atoms with Gasteiger partial charge >= 0.3 is 0 Å². The molecule has 0 aliphatic carbocycles. The molecule has 0 saturated heterocycles. The van der Waals surface area contributed by atoms with Crippen LogP contribution >= 0.6 is 0 Å². The smallest absolute Gasteiger partial charge is 0.240 e. The predicted octanol–water partition coefficient (Wildman–Crippen LogP) is 1.60. The van der Waals surface area contributed by atoms with E-state index in [1.54, 1.807) is 30.5 Å². The van der Waals surface area contributed by atoms with Crippen LogP contribution in [0.4, 0.5) is 5.69 Å². The molecule has 0 atom stereocenters. The second-order valence-electron chi connectivity index (χ2n) is 3.91. The number of anilines is 1. The maximum absolute atomic E-state index is 11.6. The molecule has 0 bridgehead atoms. The first-order valence-electron chi connectivity index (χ1n) is 5.79. The number of aromatic nitrogens is 1. The Hall–Kier alpha value is -1.92. The Bertz CT molecular complexity index is 625. The van der Waals surface area contributed by atoms with Gasteiger partial charge in [-0.15, -0.1) is 0 Å². The molecular weight excluding hydrogens is 262 g/mol. The van der Waals surface area contributed by atoms with E-state index < -0.39 is 10.0 Å². The summed E-state index contributed by atoms with van der Waals surface area (Å²) >= 11 is 0. The van der Waals surface area contributed by atoms with Crippen molar-refractivity contribution in [3.8, 4) is 0 Å². The molecule has 0 amide bonds. The lowest BCUT2D eigenvalue weighted by Crippen LogP contribution is -2.18. The quantitative estimate of drug-likeness (QED) is 0.871. The molecule has 2 rings (SSSR count). The first kappa shape index (κ1) is 13.5. The van der Waals surface area contributed by atoms with Gasteiger partial charge in [0.15, 0.2) is 0 Å². The van der Waals surface area contributed by atoms with Gasteiger partial charge in [0.2, 0.25) is 10.0 Å². The fourth-order valence-corrected chi connectivity index (χ4v) is 2.30. The lowest BCUT2D eigenvalue weighted by Gasteiger charge is -2.07. The van der Waals surface area contributed by atoms with Crippen LogP contribution in [0.3, 0.4) is 0 Å². The monoisotopic (exact) mass is 277 g/mol. The molecule has 0 fully saturated rings. The highest BCUT2D eigenvalue weighted by atomic mass is 32.2. The Morgan fingerprint density at radius 2 is 1.84 bits per heavy atom. The summed E-state index contributed by atoms with van der Waals surface area (Å²) in [5.74, 6) is 0. The number of sulfonamides is 1. The van der Waals surface area contributed by atoms with Crippen LogP contribution in [0.1, 0.15) is 5.69 Å². The minimum absolute atomic E-state index is 0.249. The molecule has 2 N–H and O–H groups in total. The minimum Gasteiger partial charge on any atom is -0.379 e. The average Bonchev–Trinajstić information content (AvgIpc) is 2.47. The molecule has 5 nitrogen and oxygen atoms in total. The summed E-state index contributed by atoms with van der Waals surface area (Å²) in [5, 5.41) is 3.18. The van der Waals surface area contributed by atoms with Gasteiger partial charge < -0.3 is 5.32 Å². The third-order valence-electron chi connectivity index (χ3n) is 2.63. The van der Waals surface area contributed by atoms with Crippen molar-refractivity contribution in [1.82, 2.24) is 9.71 Å². The van der Waals surface area contributed by atoms with Gasteiger partial charge in [0.05, 0.1) is 17.1 Å². The van der Waals surface area contributed by atoms with E-state index in [0.29, 0.717) is 6.54 Å². The lowest BCUT2D eigenvalue weighted by molar-refractivity contribution is 0.588. The van der Waals surface area contributed by atoms with Gasteiger partial charge in [-0.1, -0.05) is 6.07 Å². The fourth-order valence-electron chi connectivity index (χ4n) is 1.57. The van der Waals surface area contributed by atoms with Gasteiger partial charge in [-0.25, -0.2) is 13.1 Å². The van der Waals surface area contributed by atoms with Gasteiger partial charge in [0.1, 0.15) is 0 Å². The van der Waals surface area contributed by atoms with Crippen molar-refractivity contribution in [2.45, 2.75) is 11.4 Å². The number of pyridine rings is 1. The van der Waals surface area contributed by atoms with Crippen LogP contribution in [0, 0.1) is 0 Å². The molecular formula is C13H15N3O2S. The first-order valence-corrected chi connectivity index (χ1v) is 7.27. The van der Waals surface area contributed by atoms with Gasteiger partial charge in [-0.3, -0.25) is 4.98 Å². The molecule has 6 heteroatoms. The van der Waals surface area contributed by atoms with E-state index in [9.17, 15) is 8.42 Å². The van der Waals surface area contributed by atoms with Crippen LogP contribution < -0.4 is 10.0 Å². The molecule has 0 radical (unpaired) electrons. The first-order chi connectivity index (χ1) is 9.12. The lowest BCUT2D eigenvalue weighted by atomic mass is 10.3. The minimum atomic E-state index is -3.37. The van der Waals surface area contributed by atoms with Crippen molar-refractivity contribution < 1.29 is 8.42 Å². The van der Waals surface area contributed by atoms with Crippen LogP contribution in [0.25, 0.3) is 0 Å². The summed E-state index contributed by atoms with van der Waals surface area (Å²) in [6, 6.07) is 12.3. The van der Waals surface area contributed by atoms with Crippen molar-refractivity contribution in [2.24, 2.45) is 0 Å². The maximum atomic E-state index is 11.6. The van der Waals surface area contributed by atoms with Crippen molar-refractivity contribution >= 4 is 15.7 Å². The van der Waals surface area contributed by atoms with E-state index >= 15 is 0 Å². The normalized spacial score (nSPS) is 11.2. The third kappa shape index (κ3) is 3.52. The van der Waals surface area contributed by atoms with Gasteiger partial charge in [-0.2, -0.15) is 0 Å². The van der Waals surface area contributed by atoms with E-state index in [1.165, 1.54) is 7.05 Å². The predicted molar refractivity (Wildman–Crippen MR) is 74.3 cm³/mol. The van der Waals surface area contributed by atoms with E-state index in [2.05, 4.69) is 15.0 Å². The Morgan fingerprint density at radius 3 is 2.42 bits per heavy atom. The fraction of sp³-hybridized carbons (Fsp3) is 0.154. The molecule has 0 unspecified atom stereocenters. The van der Waals surface area contributed by atoms with Gasteiger partial charge in [-0.05, 0) is 43.4 Å². The summed E-state index contributed by atoms with van der Waals surface area (Å²) in [7, 11) is -1.98. The zero-order valence-corrected chi connectivity index (χ0v) is 11.3. The van der Waals surface area contributed by atoms with Gasteiger partial charge in [0.25, 0.3) is 0 Å². The molecule has 1 aromatic heterocycles. The van der Waals surface area contributed by atoms with Crippen molar-refractivity contribution in [3.05, 3.63) is 54.4 Å². The molecule has 0 spiro atoms. The van der Waals surface area contributed by atoms with Crippen molar-refractivity contribution in [3.63, 3.8) is 0 Å². The van der Waals surface area contributed by atoms with Crippen LogP contribution in [0.5, 0.6) is 0 Å². The molecule has 2 aromatic rings. The standard InChI is InChI=1S/C13H15N3O2S/c1-14-19(17,18)13-7-5-11(6-8-13)16-10-12-4-2-3-9-15-12/h2-9,14,16H,10H2,1H3. The topological polar surface area (TPSA) is 71.1 Å². The number of benzene rings is 1. The molecule has 0 aliphatic heterocycles. The van der Waals surface area contributed by atoms with Crippen LogP contribution in [0.2, 0.25) is 0 Å². The van der Waals surface area contributed by atoms with Crippen LogP contribution in [-0.4, -0.2) is 20.4 Å². The van der Waals surface area contributed by atoms with Crippen LogP contribution in [0.15, 0.2) is 53.6 Å².